The molecule has 3 amide bonds. The lowest BCUT2D eigenvalue weighted by molar-refractivity contribution is -0.159. The second kappa shape index (κ2) is 11.0. The van der Waals surface area contributed by atoms with E-state index in [1.54, 1.807) is 71.9 Å². The Hall–Kier alpha value is -2.28. The first-order chi connectivity index (χ1) is 16.7. The van der Waals surface area contributed by atoms with Gasteiger partial charge in [0, 0.05) is 10.2 Å². The number of alkyl carbamates (subject to hydrolysis) is 1. The number of hydrogen-bond acceptors (Lipinski definition) is 7. The van der Waals surface area contributed by atoms with Gasteiger partial charge >= 0.3 is 12.1 Å². The number of rotatable bonds is 6. The number of fused-ring (bicyclic) bond motifs is 1. The molecule has 2 heterocycles. The summed E-state index contributed by atoms with van der Waals surface area (Å²) in [6, 6.07) is 6.81. The van der Waals surface area contributed by atoms with Crippen LogP contribution in [0.2, 0.25) is 0 Å². The Kier molecular flexibility index (Phi) is 8.64. The molecule has 1 aromatic carbocycles. The molecule has 0 saturated carbocycles. The van der Waals surface area contributed by atoms with E-state index in [1.165, 1.54) is 16.7 Å². The molecule has 0 bridgehead atoms. The molecule has 1 aromatic rings. The molecule has 196 valence electrons. The molecule has 1 fully saturated rings. The van der Waals surface area contributed by atoms with Gasteiger partial charge in [-0.3, -0.25) is 14.5 Å². The number of alkyl halides is 1. The number of thioether (sulfide) groups is 1. The minimum atomic E-state index is -1.07. The fraction of sp³-hybridized carbons (Fsp3) is 0.520. The van der Waals surface area contributed by atoms with Gasteiger partial charge in [-0.25, -0.2) is 9.59 Å². The van der Waals surface area contributed by atoms with Crippen LogP contribution in [0.15, 0.2) is 41.6 Å². The van der Waals surface area contributed by atoms with Crippen molar-refractivity contribution in [3.63, 3.8) is 0 Å². The highest BCUT2D eigenvalue weighted by molar-refractivity contribution is 14.1. The summed E-state index contributed by atoms with van der Waals surface area (Å²) in [4.78, 5) is 53.3. The molecule has 0 aliphatic carbocycles. The molecule has 0 aromatic heterocycles. The van der Waals surface area contributed by atoms with E-state index in [1.807, 2.05) is 0 Å². The van der Waals surface area contributed by atoms with E-state index in [4.69, 9.17) is 9.47 Å². The van der Waals surface area contributed by atoms with Gasteiger partial charge in [0.15, 0.2) is 0 Å². The van der Waals surface area contributed by atoms with Crippen LogP contribution in [0, 0.1) is 0 Å². The van der Waals surface area contributed by atoms with Crippen LogP contribution < -0.4 is 10.6 Å². The molecular formula is C25H32IN3O6S. The minimum absolute atomic E-state index is 0.255. The largest absolute Gasteiger partial charge is 0.455 e. The van der Waals surface area contributed by atoms with Crippen LogP contribution in [-0.4, -0.2) is 61.6 Å². The summed E-state index contributed by atoms with van der Waals surface area (Å²) in [5.41, 5.74) is 0.162. The number of carbonyl (C=O) groups excluding carboxylic acids is 4. The van der Waals surface area contributed by atoms with Crippen LogP contribution in [0.4, 0.5) is 4.79 Å². The molecule has 11 heteroatoms. The average Bonchev–Trinajstić information content (AvgIpc) is 2.78. The molecular weight excluding hydrogens is 597 g/mol. The molecule has 2 aliphatic rings. The van der Waals surface area contributed by atoms with Gasteiger partial charge in [0.25, 0.3) is 5.91 Å². The third-order valence-electron chi connectivity index (χ3n) is 5.15. The third-order valence-corrected chi connectivity index (χ3v) is 7.42. The molecule has 2 N–H and O–H groups in total. The van der Waals surface area contributed by atoms with Crippen molar-refractivity contribution in [3.05, 3.63) is 47.2 Å². The fourth-order valence-electron chi connectivity index (χ4n) is 3.71. The van der Waals surface area contributed by atoms with Gasteiger partial charge in [0.1, 0.15) is 34.4 Å². The van der Waals surface area contributed by atoms with Gasteiger partial charge in [-0.1, -0.05) is 52.9 Å². The molecule has 1 saturated heterocycles. The van der Waals surface area contributed by atoms with E-state index >= 15 is 0 Å². The highest BCUT2D eigenvalue weighted by atomic mass is 127. The molecule has 3 rings (SSSR count). The van der Waals surface area contributed by atoms with Crippen LogP contribution >= 0.6 is 34.4 Å². The molecule has 2 aliphatic heterocycles. The maximum absolute atomic E-state index is 13.3. The number of halogens is 1. The summed E-state index contributed by atoms with van der Waals surface area (Å²) in [6.07, 6.45) is -0.748. The van der Waals surface area contributed by atoms with Gasteiger partial charge < -0.3 is 20.1 Å². The van der Waals surface area contributed by atoms with Crippen molar-refractivity contribution in [3.8, 4) is 0 Å². The van der Waals surface area contributed by atoms with E-state index in [9.17, 15) is 19.2 Å². The van der Waals surface area contributed by atoms with Gasteiger partial charge in [0.05, 0.1) is 0 Å². The molecule has 36 heavy (non-hydrogen) atoms. The number of ether oxygens (including phenoxy) is 2. The second-order valence-corrected chi connectivity index (χ2v) is 12.3. The van der Waals surface area contributed by atoms with Crippen molar-refractivity contribution in [1.29, 1.82) is 0 Å². The topological polar surface area (TPSA) is 114 Å². The lowest BCUT2D eigenvalue weighted by atomic mass is 10.0. The monoisotopic (exact) mass is 629 g/mol. The first-order valence-electron chi connectivity index (χ1n) is 11.5. The van der Waals surface area contributed by atoms with Crippen LogP contribution in [-0.2, 0) is 23.9 Å². The zero-order chi connectivity index (χ0) is 26.8. The number of hydrogen-bond donors (Lipinski definition) is 2. The smallest absolute Gasteiger partial charge is 0.408 e. The van der Waals surface area contributed by atoms with Crippen molar-refractivity contribution < 1.29 is 28.7 Å². The Bertz CT molecular complexity index is 1060. The van der Waals surface area contributed by atoms with Crippen molar-refractivity contribution >= 4 is 58.2 Å². The summed E-state index contributed by atoms with van der Waals surface area (Å²) >= 11 is 3.64. The summed E-state index contributed by atoms with van der Waals surface area (Å²) in [6.45, 7) is 10.5. The maximum atomic E-state index is 13.3. The normalized spacial score (nSPS) is 20.6. The Morgan fingerprint density at radius 2 is 1.69 bits per heavy atom. The van der Waals surface area contributed by atoms with Gasteiger partial charge in [-0.2, -0.15) is 0 Å². The molecule has 9 nitrogen and oxygen atoms in total. The van der Waals surface area contributed by atoms with Crippen LogP contribution in [0.5, 0.6) is 0 Å². The second-order valence-electron chi connectivity index (χ2n) is 10.5. The van der Waals surface area contributed by atoms with Crippen molar-refractivity contribution in [2.45, 2.75) is 70.2 Å². The van der Waals surface area contributed by atoms with Gasteiger partial charge in [0.2, 0.25) is 5.91 Å². The first-order valence-corrected chi connectivity index (χ1v) is 14.1. The van der Waals surface area contributed by atoms with E-state index in [0.717, 1.165) is 5.57 Å². The highest BCUT2D eigenvalue weighted by Crippen LogP contribution is 2.41. The first kappa shape index (κ1) is 28.3. The molecule has 3 atom stereocenters. The number of amides is 3. The van der Waals surface area contributed by atoms with E-state index in [-0.39, 0.29) is 5.70 Å². The fourth-order valence-corrected chi connectivity index (χ4v) is 6.05. The Balaban J connectivity index is 1.79. The zero-order valence-corrected chi connectivity index (χ0v) is 24.2. The predicted molar refractivity (Wildman–Crippen MR) is 145 cm³/mol. The maximum Gasteiger partial charge on any atom is 0.408 e. The quantitative estimate of drug-likeness (QED) is 0.214. The van der Waals surface area contributed by atoms with E-state index in [2.05, 4.69) is 33.2 Å². The molecule has 1 unspecified atom stereocenters. The number of esters is 1. The molecule has 0 radical (unpaired) electrons. The molecule has 0 spiro atoms. The highest BCUT2D eigenvalue weighted by Gasteiger charge is 2.55. The van der Waals surface area contributed by atoms with E-state index in [0.29, 0.717) is 15.7 Å². The summed E-state index contributed by atoms with van der Waals surface area (Å²) < 4.78 is 11.5. The zero-order valence-electron chi connectivity index (χ0n) is 21.2. The van der Waals surface area contributed by atoms with Crippen LogP contribution in [0.3, 0.4) is 0 Å². The Labute approximate surface area is 229 Å². The Morgan fingerprint density at radius 1 is 1.08 bits per heavy atom. The average molecular weight is 630 g/mol. The SMILES string of the molecule is CC(C)(C)OC(=O)NC(C(=O)N[C@@H]1C(=O)N2C(C(=O)OC(C)(C)C)=C(CI)CS[C@H]12)c1ccccc1. The van der Waals surface area contributed by atoms with Crippen molar-refractivity contribution in [1.82, 2.24) is 15.5 Å². The lowest BCUT2D eigenvalue weighted by Gasteiger charge is -2.50. The summed E-state index contributed by atoms with van der Waals surface area (Å²) in [7, 11) is 0. The third kappa shape index (κ3) is 6.72. The van der Waals surface area contributed by atoms with E-state index < -0.39 is 52.5 Å². The number of nitrogens with zero attached hydrogens (tertiary/aromatic N) is 1. The number of carbonyl (C=O) groups is 4. The van der Waals surface area contributed by atoms with Crippen LogP contribution in [0.1, 0.15) is 53.1 Å². The Morgan fingerprint density at radius 3 is 2.25 bits per heavy atom. The predicted octanol–water partition coefficient (Wildman–Crippen LogP) is 3.68. The van der Waals surface area contributed by atoms with Crippen molar-refractivity contribution in [2.24, 2.45) is 0 Å². The standard InChI is InChI=1S/C25H32IN3O6S/c1-24(2,3)34-22(32)18-15(12-26)13-36-21-17(20(31)29(18)21)27-19(30)16(14-10-8-7-9-11-14)28-23(33)35-25(4,5)6/h7-11,16-17,21H,12-13H2,1-6H3,(H,27,30)(H,28,33)/t16?,17-,21-/m1/s1. The summed E-state index contributed by atoms with van der Waals surface area (Å²) in [5.74, 6) is -0.955. The lowest BCUT2D eigenvalue weighted by Crippen LogP contribution is -2.71. The summed E-state index contributed by atoms with van der Waals surface area (Å²) in [5, 5.41) is 4.93. The van der Waals surface area contributed by atoms with Crippen LogP contribution in [0.25, 0.3) is 0 Å². The number of β-lactam (4-membered cyclic amide) rings is 1. The van der Waals surface area contributed by atoms with Gasteiger partial charge in [-0.15, -0.1) is 11.8 Å². The van der Waals surface area contributed by atoms with Crippen molar-refractivity contribution in [2.75, 3.05) is 10.2 Å². The number of benzene rings is 1. The van der Waals surface area contributed by atoms with Gasteiger partial charge in [-0.05, 0) is 52.7 Å². The minimum Gasteiger partial charge on any atom is -0.455 e. The number of nitrogens with one attached hydrogen (secondary N) is 2.